The number of carbonyl (C=O) groups is 1. The largest absolute Gasteiger partial charge is 0.325 e. The number of thioether (sulfide) groups is 1. The molecule has 1 aromatic heterocycles. The molecule has 3 aromatic rings. The molecule has 0 radical (unpaired) electrons. The number of carbonyl (C=O) groups excluding carboxylic acids is 1. The highest BCUT2D eigenvalue weighted by atomic mass is 35.5. The molecule has 0 saturated carbocycles. The Kier molecular flexibility index (Phi) is 7.30. The van der Waals surface area contributed by atoms with Crippen molar-refractivity contribution in [3.05, 3.63) is 77.1 Å². The Labute approximate surface area is 184 Å². The minimum absolute atomic E-state index is 0.00471. The summed E-state index contributed by atoms with van der Waals surface area (Å²) >= 11 is 7.33. The normalized spacial score (nSPS) is 11.1. The molecule has 156 valence electrons. The molecular weight excluding hydrogens is 444 g/mol. The van der Waals surface area contributed by atoms with E-state index in [1.54, 1.807) is 13.0 Å². The standard InChI is InChI=1S/C20H19ClN4O3S2/c1-14-10-11-22-20(23-14)25-30(27,28)18-8-6-17(7-9-18)24-19(26)13-29-12-15-2-4-16(21)5-3-15/h2-11H,12-13H2,1H3,(H,24,26)(H,22,23,25). The van der Waals surface area contributed by atoms with E-state index in [-0.39, 0.29) is 22.5 Å². The van der Waals surface area contributed by atoms with Crippen LogP contribution in [0.1, 0.15) is 11.3 Å². The number of nitrogens with one attached hydrogen (secondary N) is 2. The summed E-state index contributed by atoms with van der Waals surface area (Å²) in [7, 11) is -3.82. The Morgan fingerprint density at radius 1 is 1.07 bits per heavy atom. The second-order valence-corrected chi connectivity index (χ2v) is 9.42. The Morgan fingerprint density at radius 2 is 1.77 bits per heavy atom. The third kappa shape index (κ3) is 6.45. The van der Waals surface area contributed by atoms with Crippen molar-refractivity contribution in [3.63, 3.8) is 0 Å². The number of benzene rings is 2. The van der Waals surface area contributed by atoms with Crippen molar-refractivity contribution in [2.45, 2.75) is 17.6 Å². The van der Waals surface area contributed by atoms with Crippen molar-refractivity contribution >= 4 is 50.9 Å². The van der Waals surface area contributed by atoms with E-state index in [1.807, 2.05) is 24.3 Å². The van der Waals surface area contributed by atoms with Crippen molar-refractivity contribution in [2.24, 2.45) is 0 Å². The molecule has 10 heteroatoms. The first-order valence-electron chi connectivity index (χ1n) is 8.86. The lowest BCUT2D eigenvalue weighted by molar-refractivity contribution is -0.113. The van der Waals surface area contributed by atoms with Crippen LogP contribution in [-0.2, 0) is 20.6 Å². The molecule has 0 atom stereocenters. The minimum atomic E-state index is -3.82. The lowest BCUT2D eigenvalue weighted by Gasteiger charge is -2.09. The van der Waals surface area contributed by atoms with Gasteiger partial charge in [0.25, 0.3) is 10.0 Å². The maximum absolute atomic E-state index is 12.5. The van der Waals surface area contributed by atoms with Crippen LogP contribution in [0.25, 0.3) is 0 Å². The molecule has 2 aromatic carbocycles. The zero-order chi connectivity index (χ0) is 21.6. The van der Waals surface area contributed by atoms with Gasteiger partial charge in [-0.3, -0.25) is 4.79 Å². The van der Waals surface area contributed by atoms with Crippen molar-refractivity contribution in [2.75, 3.05) is 15.8 Å². The van der Waals surface area contributed by atoms with E-state index in [2.05, 4.69) is 20.0 Å². The monoisotopic (exact) mass is 462 g/mol. The fourth-order valence-corrected chi connectivity index (χ4v) is 4.30. The molecule has 0 aliphatic heterocycles. The Balaban J connectivity index is 1.53. The predicted molar refractivity (Wildman–Crippen MR) is 120 cm³/mol. The van der Waals surface area contributed by atoms with Gasteiger partial charge in [0, 0.05) is 28.4 Å². The molecule has 0 bridgehead atoms. The number of nitrogens with zero attached hydrogens (tertiary/aromatic N) is 2. The molecule has 0 aliphatic rings. The van der Waals surface area contributed by atoms with Gasteiger partial charge in [0.15, 0.2) is 0 Å². The van der Waals surface area contributed by atoms with Crippen LogP contribution in [0, 0.1) is 6.92 Å². The van der Waals surface area contributed by atoms with Crippen molar-refractivity contribution in [1.29, 1.82) is 0 Å². The van der Waals surface area contributed by atoms with Crippen LogP contribution in [0.15, 0.2) is 65.7 Å². The molecule has 0 spiro atoms. The summed E-state index contributed by atoms with van der Waals surface area (Å²) in [5, 5.41) is 3.43. The van der Waals surface area contributed by atoms with E-state index in [4.69, 9.17) is 11.6 Å². The Bertz CT molecular complexity index is 1120. The summed E-state index contributed by atoms with van der Waals surface area (Å²) in [6.45, 7) is 1.74. The molecular formula is C20H19ClN4O3S2. The average Bonchev–Trinajstić information content (AvgIpc) is 2.69. The molecule has 2 N–H and O–H groups in total. The Morgan fingerprint density at radius 3 is 2.43 bits per heavy atom. The van der Waals surface area contributed by atoms with Gasteiger partial charge in [-0.25, -0.2) is 23.1 Å². The topological polar surface area (TPSA) is 101 Å². The molecule has 1 amide bonds. The van der Waals surface area contributed by atoms with Crippen LogP contribution in [-0.4, -0.2) is 30.0 Å². The summed E-state index contributed by atoms with van der Waals surface area (Å²) in [5.41, 5.74) is 2.24. The SMILES string of the molecule is Cc1ccnc(NS(=O)(=O)c2ccc(NC(=O)CSCc3ccc(Cl)cc3)cc2)n1. The summed E-state index contributed by atoms with van der Waals surface area (Å²) in [6, 6.07) is 15.0. The number of halogens is 1. The second kappa shape index (κ2) is 9.92. The van der Waals surface area contributed by atoms with Gasteiger partial charge in [-0.1, -0.05) is 23.7 Å². The third-order valence-corrected chi connectivity index (χ3v) is 6.48. The van der Waals surface area contributed by atoms with E-state index in [0.717, 1.165) is 5.56 Å². The maximum Gasteiger partial charge on any atom is 0.264 e. The van der Waals surface area contributed by atoms with Gasteiger partial charge < -0.3 is 5.32 Å². The third-order valence-electron chi connectivity index (χ3n) is 3.88. The lowest BCUT2D eigenvalue weighted by atomic mass is 10.2. The number of hydrogen-bond donors (Lipinski definition) is 2. The number of sulfonamides is 1. The van der Waals surface area contributed by atoms with Gasteiger partial charge in [-0.05, 0) is 55.0 Å². The number of amides is 1. The molecule has 1 heterocycles. The smallest absolute Gasteiger partial charge is 0.264 e. The van der Waals surface area contributed by atoms with Gasteiger partial charge in [0.05, 0.1) is 10.6 Å². The Hall–Kier alpha value is -2.62. The predicted octanol–water partition coefficient (Wildman–Crippen LogP) is 4.11. The van der Waals surface area contributed by atoms with Crippen LogP contribution in [0.4, 0.5) is 11.6 Å². The fraction of sp³-hybridized carbons (Fsp3) is 0.150. The van der Waals surface area contributed by atoms with Gasteiger partial charge in [-0.15, -0.1) is 11.8 Å². The quantitative estimate of drug-likeness (QED) is 0.522. The van der Waals surface area contributed by atoms with Crippen LogP contribution in [0.3, 0.4) is 0 Å². The van der Waals surface area contributed by atoms with Gasteiger partial charge in [0.2, 0.25) is 11.9 Å². The van der Waals surface area contributed by atoms with Crippen LogP contribution >= 0.6 is 23.4 Å². The second-order valence-electron chi connectivity index (χ2n) is 6.32. The number of rotatable bonds is 8. The molecule has 3 rings (SSSR count). The molecule has 0 saturated heterocycles. The summed E-state index contributed by atoms with van der Waals surface area (Å²) in [5.74, 6) is 0.796. The highest BCUT2D eigenvalue weighted by Gasteiger charge is 2.16. The summed E-state index contributed by atoms with van der Waals surface area (Å²) < 4.78 is 27.2. The maximum atomic E-state index is 12.5. The molecule has 0 aliphatic carbocycles. The molecule has 0 fully saturated rings. The summed E-state index contributed by atoms with van der Waals surface area (Å²) in [4.78, 5) is 20.1. The number of aryl methyl sites for hydroxylation is 1. The number of aromatic nitrogens is 2. The summed E-state index contributed by atoms with van der Waals surface area (Å²) in [6.07, 6.45) is 1.48. The van der Waals surface area contributed by atoms with Gasteiger partial charge >= 0.3 is 0 Å². The number of hydrogen-bond acceptors (Lipinski definition) is 6. The van der Waals surface area contributed by atoms with Crippen molar-refractivity contribution in [3.8, 4) is 0 Å². The van der Waals surface area contributed by atoms with Crippen LogP contribution in [0.2, 0.25) is 5.02 Å². The van der Waals surface area contributed by atoms with Gasteiger partial charge in [-0.2, -0.15) is 0 Å². The van der Waals surface area contributed by atoms with E-state index >= 15 is 0 Å². The molecule has 0 unspecified atom stereocenters. The number of anilines is 2. The van der Waals surface area contributed by atoms with Crippen LogP contribution < -0.4 is 10.0 Å². The highest BCUT2D eigenvalue weighted by Crippen LogP contribution is 2.18. The first-order valence-corrected chi connectivity index (χ1v) is 11.9. The first-order chi connectivity index (χ1) is 14.3. The molecule has 30 heavy (non-hydrogen) atoms. The van der Waals surface area contributed by atoms with E-state index in [9.17, 15) is 13.2 Å². The minimum Gasteiger partial charge on any atom is -0.325 e. The lowest BCUT2D eigenvalue weighted by Crippen LogP contribution is -2.16. The van der Waals surface area contributed by atoms with Crippen LogP contribution in [0.5, 0.6) is 0 Å². The van der Waals surface area contributed by atoms with Gasteiger partial charge in [0.1, 0.15) is 0 Å². The zero-order valence-corrected chi connectivity index (χ0v) is 18.4. The fourth-order valence-electron chi connectivity index (χ4n) is 2.43. The zero-order valence-electron chi connectivity index (χ0n) is 16.0. The van der Waals surface area contributed by atoms with E-state index < -0.39 is 10.0 Å². The first kappa shape index (κ1) is 22.1. The van der Waals surface area contributed by atoms with Crippen molar-refractivity contribution < 1.29 is 13.2 Å². The van der Waals surface area contributed by atoms with E-state index in [0.29, 0.717) is 22.2 Å². The highest BCUT2D eigenvalue weighted by molar-refractivity contribution is 7.99. The molecule has 7 nitrogen and oxygen atoms in total. The van der Waals surface area contributed by atoms with Crippen molar-refractivity contribution in [1.82, 2.24) is 9.97 Å². The average molecular weight is 463 g/mol. The van der Waals surface area contributed by atoms with E-state index in [1.165, 1.54) is 42.2 Å².